The first-order valence-electron chi connectivity index (χ1n) is 11.2. The quantitative estimate of drug-likeness (QED) is 0.394. The first kappa shape index (κ1) is 21.1. The van der Waals surface area contributed by atoms with Gasteiger partial charge in [-0.05, 0) is 73.2 Å². The van der Waals surface area contributed by atoms with Crippen LogP contribution in [0.5, 0.6) is 0 Å². The molecule has 0 radical (unpaired) electrons. The molecule has 1 atom stereocenters. The maximum Gasteiger partial charge on any atom is 0.296 e. The van der Waals surface area contributed by atoms with Gasteiger partial charge in [0, 0.05) is 5.69 Å². The minimum absolute atomic E-state index is 0.0944. The number of nitrogens with zero attached hydrogens (tertiary/aromatic N) is 2. The fourth-order valence-corrected chi connectivity index (χ4v) is 4.51. The fourth-order valence-electron chi connectivity index (χ4n) is 4.51. The highest BCUT2D eigenvalue weighted by Gasteiger charge is 2.44. The summed E-state index contributed by atoms with van der Waals surface area (Å²) in [7, 11) is 0. The summed E-state index contributed by atoms with van der Waals surface area (Å²) in [4.78, 5) is 33.6. The molecule has 3 heterocycles. The van der Waals surface area contributed by atoms with Crippen LogP contribution in [0.4, 0.5) is 5.82 Å². The summed E-state index contributed by atoms with van der Waals surface area (Å²) in [6.07, 6.45) is 0. The molecule has 0 fully saturated rings. The van der Waals surface area contributed by atoms with Crippen molar-refractivity contribution in [2.24, 2.45) is 0 Å². The van der Waals surface area contributed by atoms with Crippen LogP contribution < -0.4 is 10.3 Å². The monoisotopic (exact) mass is 438 g/mol. The minimum atomic E-state index is -0.606. The van der Waals surface area contributed by atoms with E-state index in [4.69, 9.17) is 4.42 Å². The van der Waals surface area contributed by atoms with Crippen molar-refractivity contribution in [1.29, 1.82) is 0 Å². The lowest BCUT2D eigenvalue weighted by Gasteiger charge is -2.24. The topological polar surface area (TPSA) is 63.4 Å². The van der Waals surface area contributed by atoms with Gasteiger partial charge in [-0.25, -0.2) is 4.98 Å². The number of fused-ring (bicyclic) bond motifs is 2. The Bertz CT molecular complexity index is 1470. The molecule has 5 heteroatoms. The molecule has 5 nitrogen and oxygen atoms in total. The van der Waals surface area contributed by atoms with Crippen LogP contribution in [0.15, 0.2) is 63.8 Å². The summed E-state index contributed by atoms with van der Waals surface area (Å²) < 4.78 is 6.11. The molecule has 0 unspecified atom stereocenters. The summed E-state index contributed by atoms with van der Waals surface area (Å²) in [5.41, 5.74) is 5.49. The van der Waals surface area contributed by atoms with Gasteiger partial charge >= 0.3 is 0 Å². The van der Waals surface area contributed by atoms with Gasteiger partial charge in [0.05, 0.1) is 17.0 Å². The molecule has 0 spiro atoms. The number of amides is 1. The molecule has 0 bridgehead atoms. The van der Waals surface area contributed by atoms with Crippen LogP contribution >= 0.6 is 0 Å². The fraction of sp³-hybridized carbons (Fsp3) is 0.250. The van der Waals surface area contributed by atoms with Gasteiger partial charge in [0.25, 0.3) is 5.91 Å². The number of pyridine rings is 1. The van der Waals surface area contributed by atoms with Crippen molar-refractivity contribution in [3.05, 3.63) is 104 Å². The molecule has 1 aliphatic rings. The van der Waals surface area contributed by atoms with Gasteiger partial charge in [-0.3, -0.25) is 14.5 Å². The van der Waals surface area contributed by atoms with Crippen LogP contribution in [0.2, 0.25) is 0 Å². The summed E-state index contributed by atoms with van der Waals surface area (Å²) >= 11 is 0. The van der Waals surface area contributed by atoms with Crippen LogP contribution in [0, 0.1) is 20.8 Å². The number of aryl methyl sites for hydroxylation is 3. The zero-order valence-electron chi connectivity index (χ0n) is 19.5. The molecule has 1 aliphatic heterocycles. The van der Waals surface area contributed by atoms with E-state index < -0.39 is 6.04 Å². The second-order valence-electron chi connectivity index (χ2n) is 9.14. The van der Waals surface area contributed by atoms with Gasteiger partial charge < -0.3 is 4.42 Å². The number of carbonyl (C=O) groups excluding carboxylic acids is 1. The van der Waals surface area contributed by atoms with E-state index in [0.29, 0.717) is 28.3 Å². The highest BCUT2D eigenvalue weighted by atomic mass is 16.3. The summed E-state index contributed by atoms with van der Waals surface area (Å²) in [5, 5.41) is 0.493. The predicted molar refractivity (Wildman–Crippen MR) is 130 cm³/mol. The molecule has 5 rings (SSSR count). The second-order valence-corrected chi connectivity index (χ2v) is 9.14. The van der Waals surface area contributed by atoms with Crippen molar-refractivity contribution < 1.29 is 9.21 Å². The molecule has 4 aromatic rings. The van der Waals surface area contributed by atoms with Crippen LogP contribution in [0.25, 0.3) is 11.0 Å². The molecule has 33 heavy (non-hydrogen) atoms. The van der Waals surface area contributed by atoms with E-state index in [1.807, 2.05) is 57.2 Å². The number of aromatic nitrogens is 1. The number of rotatable bonds is 3. The highest BCUT2D eigenvalue weighted by molar-refractivity contribution is 6.10. The lowest BCUT2D eigenvalue weighted by molar-refractivity contribution is 0.0970. The molecule has 0 N–H and O–H groups in total. The molecule has 0 saturated heterocycles. The summed E-state index contributed by atoms with van der Waals surface area (Å²) in [6.45, 7) is 10.1. The average Bonchev–Trinajstić information content (AvgIpc) is 3.08. The zero-order chi connectivity index (χ0) is 23.4. The van der Waals surface area contributed by atoms with Gasteiger partial charge in [-0.1, -0.05) is 44.2 Å². The molecule has 2 aromatic carbocycles. The Morgan fingerprint density at radius 3 is 2.30 bits per heavy atom. The predicted octanol–water partition coefficient (Wildman–Crippen LogP) is 5.99. The van der Waals surface area contributed by atoms with E-state index in [1.165, 1.54) is 5.56 Å². The Balaban J connectivity index is 1.80. The van der Waals surface area contributed by atoms with Crippen molar-refractivity contribution in [3.8, 4) is 0 Å². The van der Waals surface area contributed by atoms with Gasteiger partial charge in [0.15, 0.2) is 5.43 Å². The SMILES string of the molecule is Cc1cccc(N2C(=O)c3oc4cc(C)c(C)cc4c(=O)c3[C@@H]2c2ccc(C(C)C)cc2)n1. The number of hydrogen-bond acceptors (Lipinski definition) is 4. The van der Waals surface area contributed by atoms with Crippen molar-refractivity contribution in [2.75, 3.05) is 4.90 Å². The highest BCUT2D eigenvalue weighted by Crippen LogP contribution is 2.41. The van der Waals surface area contributed by atoms with Crippen molar-refractivity contribution in [3.63, 3.8) is 0 Å². The molecule has 2 aromatic heterocycles. The van der Waals surface area contributed by atoms with E-state index in [-0.39, 0.29) is 17.1 Å². The lowest BCUT2D eigenvalue weighted by atomic mass is 9.95. The smallest absolute Gasteiger partial charge is 0.296 e. The van der Waals surface area contributed by atoms with Crippen molar-refractivity contribution in [1.82, 2.24) is 4.98 Å². The van der Waals surface area contributed by atoms with Crippen LogP contribution in [0.3, 0.4) is 0 Å². The Hall–Kier alpha value is -3.73. The van der Waals surface area contributed by atoms with E-state index in [2.05, 4.69) is 31.0 Å². The Kier molecular flexibility index (Phi) is 4.93. The lowest BCUT2D eigenvalue weighted by Crippen LogP contribution is -2.30. The van der Waals surface area contributed by atoms with Crippen LogP contribution in [-0.4, -0.2) is 10.9 Å². The zero-order valence-corrected chi connectivity index (χ0v) is 19.5. The van der Waals surface area contributed by atoms with E-state index in [9.17, 15) is 9.59 Å². The molecule has 1 amide bonds. The number of benzene rings is 2. The normalized spacial score (nSPS) is 15.5. The van der Waals surface area contributed by atoms with Crippen molar-refractivity contribution in [2.45, 2.75) is 46.6 Å². The van der Waals surface area contributed by atoms with Gasteiger partial charge in [-0.2, -0.15) is 0 Å². The van der Waals surface area contributed by atoms with Crippen molar-refractivity contribution >= 4 is 22.7 Å². The largest absolute Gasteiger partial charge is 0.450 e. The van der Waals surface area contributed by atoms with Crippen LogP contribution in [-0.2, 0) is 0 Å². The molecular weight excluding hydrogens is 412 g/mol. The Morgan fingerprint density at radius 2 is 1.64 bits per heavy atom. The third kappa shape index (κ3) is 3.35. The molecule has 0 saturated carbocycles. The maximum absolute atomic E-state index is 13.8. The van der Waals surface area contributed by atoms with Gasteiger partial charge in [0.2, 0.25) is 5.76 Å². The number of carbonyl (C=O) groups is 1. The molecule has 0 aliphatic carbocycles. The minimum Gasteiger partial charge on any atom is -0.450 e. The summed E-state index contributed by atoms with van der Waals surface area (Å²) in [5.74, 6) is 0.627. The van der Waals surface area contributed by atoms with Gasteiger partial charge in [0.1, 0.15) is 11.4 Å². The van der Waals surface area contributed by atoms with Gasteiger partial charge in [-0.15, -0.1) is 0 Å². The Morgan fingerprint density at radius 1 is 0.939 bits per heavy atom. The average molecular weight is 439 g/mol. The van der Waals surface area contributed by atoms with E-state index in [0.717, 1.165) is 22.4 Å². The summed E-state index contributed by atoms with van der Waals surface area (Å²) in [6, 6.07) is 16.7. The standard InChI is InChI=1S/C28H26N2O3/c1-15(2)19-9-11-20(12-10-19)25-24-26(31)21-13-16(3)17(4)14-22(21)33-27(24)28(32)30(25)23-8-6-7-18(5)29-23/h6-15,25H,1-5H3/t25-/m0/s1. The number of hydrogen-bond donors (Lipinski definition) is 0. The first-order valence-corrected chi connectivity index (χ1v) is 11.2. The van der Waals surface area contributed by atoms with E-state index in [1.54, 1.807) is 11.0 Å². The third-order valence-electron chi connectivity index (χ3n) is 6.53. The maximum atomic E-state index is 13.8. The molecule has 166 valence electrons. The van der Waals surface area contributed by atoms with E-state index >= 15 is 0 Å². The Labute approximate surface area is 192 Å². The second kappa shape index (κ2) is 7.69. The first-order chi connectivity index (χ1) is 15.8. The third-order valence-corrected chi connectivity index (χ3v) is 6.53. The number of anilines is 1. The molecular formula is C28H26N2O3. The van der Waals surface area contributed by atoms with Crippen LogP contribution in [0.1, 0.15) is 69.9 Å².